The van der Waals surface area contributed by atoms with Gasteiger partial charge in [-0.25, -0.2) is 9.13 Å². The van der Waals surface area contributed by atoms with Gasteiger partial charge >= 0.3 is 39.5 Å². The average molecular weight is 1410 g/mol. The molecule has 19 heteroatoms. The van der Waals surface area contributed by atoms with Gasteiger partial charge in [0, 0.05) is 12.8 Å². The summed E-state index contributed by atoms with van der Waals surface area (Å²) in [6.07, 6.45) is 80.2. The van der Waals surface area contributed by atoms with Crippen molar-refractivity contribution >= 4 is 39.5 Å². The van der Waals surface area contributed by atoms with E-state index in [0.717, 1.165) is 135 Å². The van der Waals surface area contributed by atoms with Gasteiger partial charge in [0.2, 0.25) is 0 Å². The van der Waals surface area contributed by atoms with E-state index in [0.29, 0.717) is 25.7 Å². The molecule has 5 unspecified atom stereocenters. The molecule has 0 heterocycles. The van der Waals surface area contributed by atoms with Crippen molar-refractivity contribution in [3.8, 4) is 0 Å². The Hall–Kier alpha value is -5.32. The molecule has 0 amide bonds. The minimum atomic E-state index is -5.01. The molecule has 0 saturated heterocycles. The van der Waals surface area contributed by atoms with Crippen molar-refractivity contribution in [1.29, 1.82) is 0 Å². The van der Waals surface area contributed by atoms with Crippen molar-refractivity contribution in [3.05, 3.63) is 158 Å². The second-order valence-electron chi connectivity index (χ2n) is 23.8. The average Bonchev–Trinajstić information content (AvgIpc) is 1.04. The predicted octanol–water partition coefficient (Wildman–Crippen LogP) is 20.9. The Labute approximate surface area is 591 Å². The quantitative estimate of drug-likeness (QED) is 0.0169. The van der Waals surface area contributed by atoms with E-state index in [1.54, 1.807) is 12.2 Å². The number of esters is 4. The number of phosphoric acid groups is 2. The fourth-order valence-corrected chi connectivity index (χ4v) is 10.6. The topological polar surface area (TPSA) is 237 Å². The van der Waals surface area contributed by atoms with E-state index in [1.165, 1.54) is 44.9 Å². The predicted molar refractivity (Wildman–Crippen MR) is 399 cm³/mol. The van der Waals surface area contributed by atoms with E-state index in [9.17, 15) is 43.2 Å². The lowest BCUT2D eigenvalue weighted by atomic mass is 10.1. The number of allylic oxidation sites excluding steroid dienone is 24. The first-order valence-electron chi connectivity index (χ1n) is 36.7. The first-order valence-corrected chi connectivity index (χ1v) is 39.7. The van der Waals surface area contributed by atoms with Gasteiger partial charge in [0.25, 0.3) is 0 Å². The Balaban J connectivity index is 5.51. The van der Waals surface area contributed by atoms with E-state index >= 15 is 0 Å². The van der Waals surface area contributed by atoms with E-state index in [4.69, 9.17) is 37.0 Å². The van der Waals surface area contributed by atoms with Crippen LogP contribution in [0.25, 0.3) is 0 Å². The van der Waals surface area contributed by atoms with Crippen LogP contribution in [0.2, 0.25) is 0 Å². The summed E-state index contributed by atoms with van der Waals surface area (Å²) in [6, 6.07) is 0. The molecular formula is C79H128O17P2. The highest BCUT2D eigenvalue weighted by molar-refractivity contribution is 7.47. The van der Waals surface area contributed by atoms with Gasteiger partial charge in [0.1, 0.15) is 19.3 Å². The third-order valence-electron chi connectivity index (χ3n) is 14.5. The molecule has 98 heavy (non-hydrogen) atoms. The van der Waals surface area contributed by atoms with E-state index in [1.807, 2.05) is 36.5 Å². The number of unbranched alkanes of at least 4 members (excludes halogenated alkanes) is 17. The minimum absolute atomic E-state index is 0.0522. The van der Waals surface area contributed by atoms with Crippen molar-refractivity contribution in [2.24, 2.45) is 0 Å². The Bertz CT molecular complexity index is 2480. The summed E-state index contributed by atoms with van der Waals surface area (Å²) < 4.78 is 68.1. The summed E-state index contributed by atoms with van der Waals surface area (Å²) in [5, 5.41) is 10.6. The summed E-state index contributed by atoms with van der Waals surface area (Å²) in [4.78, 5) is 72.6. The third-order valence-corrected chi connectivity index (χ3v) is 16.4. The summed E-state index contributed by atoms with van der Waals surface area (Å²) in [5.74, 6) is -2.51. The maximum absolute atomic E-state index is 13.1. The Morgan fingerprint density at radius 2 is 0.561 bits per heavy atom. The van der Waals surface area contributed by atoms with E-state index in [2.05, 4.69) is 137 Å². The van der Waals surface area contributed by atoms with Gasteiger partial charge in [0.15, 0.2) is 12.2 Å². The lowest BCUT2D eigenvalue weighted by Crippen LogP contribution is -2.30. The molecular weight excluding hydrogens is 1280 g/mol. The molecule has 0 aliphatic rings. The van der Waals surface area contributed by atoms with Gasteiger partial charge in [0.05, 0.1) is 39.3 Å². The Morgan fingerprint density at radius 3 is 0.898 bits per heavy atom. The van der Waals surface area contributed by atoms with E-state index < -0.39 is 97.5 Å². The van der Waals surface area contributed by atoms with Crippen LogP contribution in [0, 0.1) is 0 Å². The van der Waals surface area contributed by atoms with Crippen LogP contribution in [0.3, 0.4) is 0 Å². The molecule has 0 aromatic carbocycles. The second-order valence-corrected chi connectivity index (χ2v) is 26.7. The van der Waals surface area contributed by atoms with Gasteiger partial charge in [-0.3, -0.25) is 37.3 Å². The fourth-order valence-electron chi connectivity index (χ4n) is 8.98. The largest absolute Gasteiger partial charge is 0.472 e. The van der Waals surface area contributed by atoms with Crippen LogP contribution >= 0.6 is 15.6 Å². The molecule has 0 saturated carbocycles. The Kier molecular flexibility index (Phi) is 66.3. The SMILES string of the molecule is CC/C=C\C/C=C\C/C=C\C/C=C\C/C=C\CC(=O)OCC(COP(=O)(O)OCC(O)COP(=O)(O)OCC(COC(=O)C/C=C\C/C=C\C/C=C\C/C=C\C/C=C\CC)OC(=O)CCCCCCC/C=C\CCCCCC)OC(=O)CCCCCCC/C=C\C/C=C\CCCCC. The van der Waals surface area contributed by atoms with Crippen molar-refractivity contribution in [2.75, 3.05) is 39.6 Å². The van der Waals surface area contributed by atoms with Crippen LogP contribution in [-0.4, -0.2) is 96.7 Å². The van der Waals surface area contributed by atoms with Gasteiger partial charge < -0.3 is 33.8 Å². The number of rotatable bonds is 67. The molecule has 17 nitrogen and oxygen atoms in total. The molecule has 556 valence electrons. The summed E-state index contributed by atoms with van der Waals surface area (Å²) in [6.45, 7) is 4.31. The highest BCUT2D eigenvalue weighted by atomic mass is 31.2. The van der Waals surface area contributed by atoms with E-state index in [-0.39, 0.29) is 25.7 Å². The Morgan fingerprint density at radius 1 is 0.306 bits per heavy atom. The number of aliphatic hydroxyl groups is 1. The van der Waals surface area contributed by atoms with Gasteiger partial charge in [-0.2, -0.15) is 0 Å². The molecule has 0 bridgehead atoms. The third kappa shape index (κ3) is 69.2. The highest BCUT2D eigenvalue weighted by Gasteiger charge is 2.30. The fraction of sp³-hybridized carbons (Fsp3) is 0.620. The number of phosphoric ester groups is 2. The smallest absolute Gasteiger partial charge is 0.461 e. The molecule has 0 aromatic rings. The number of carbonyl (C=O) groups excluding carboxylic acids is 4. The van der Waals surface area contributed by atoms with Crippen molar-refractivity contribution in [1.82, 2.24) is 0 Å². The standard InChI is InChI=1S/C79H128O17P2/c1-5-9-13-17-21-25-29-33-36-40-43-47-51-55-59-63-76(81)89-69-74(95-78(83)65-61-57-53-49-45-39-32-28-24-20-16-12-8-4)71-93-97(85,86)91-67-73(80)68-92-98(87,88)94-72-75(96-79(84)66-62-58-54-50-46-42-38-35-31-27-23-19-15-11-7-3)70-90-77(82)64-60-56-52-48-44-41-37-34-30-26-22-18-14-10-6-2/h9-10,13-14,21-23,25-28,32-38,43-44,47-48,55-56,59-60,73-75,80H,5-8,11-12,15-20,24,29-31,39-42,45-46,49-54,57-58,61-72H2,1-4H3,(H,85,86)(H,87,88)/b13-9-,14-10-,25-21-,26-22-,27-23-,32-28-,36-33-,37-34-,38-35-,47-43-,48-44-,59-55-,60-56-. The van der Waals surface area contributed by atoms with Gasteiger partial charge in [-0.1, -0.05) is 256 Å². The molecule has 0 aliphatic heterocycles. The van der Waals surface area contributed by atoms with Gasteiger partial charge in [-0.05, 0) is 135 Å². The molecule has 3 N–H and O–H groups in total. The van der Waals surface area contributed by atoms with Crippen LogP contribution in [0.1, 0.15) is 259 Å². The number of carbonyl (C=O) groups is 4. The minimum Gasteiger partial charge on any atom is -0.461 e. The van der Waals surface area contributed by atoms with Crippen molar-refractivity contribution in [3.63, 3.8) is 0 Å². The second kappa shape index (κ2) is 70.1. The number of aliphatic hydroxyl groups excluding tert-OH is 1. The zero-order chi connectivity index (χ0) is 71.8. The maximum atomic E-state index is 13.1. The van der Waals surface area contributed by atoms with Crippen LogP contribution in [0.15, 0.2) is 158 Å². The van der Waals surface area contributed by atoms with Gasteiger partial charge in [-0.15, -0.1) is 0 Å². The molecule has 0 rings (SSSR count). The molecule has 0 spiro atoms. The van der Waals surface area contributed by atoms with Crippen LogP contribution in [-0.2, 0) is 65.4 Å². The number of ether oxygens (including phenoxy) is 4. The normalized spacial score (nSPS) is 14.9. The lowest BCUT2D eigenvalue weighted by molar-refractivity contribution is -0.161. The molecule has 5 atom stereocenters. The molecule has 0 fully saturated rings. The first-order chi connectivity index (χ1) is 47.7. The molecule has 0 radical (unpaired) electrons. The maximum Gasteiger partial charge on any atom is 0.472 e. The number of hydrogen-bond donors (Lipinski definition) is 3. The van der Waals surface area contributed by atoms with Crippen LogP contribution < -0.4 is 0 Å². The lowest BCUT2D eigenvalue weighted by Gasteiger charge is -2.21. The van der Waals surface area contributed by atoms with Crippen molar-refractivity contribution < 1.29 is 80.2 Å². The summed E-state index contributed by atoms with van der Waals surface area (Å²) in [5.41, 5.74) is 0. The molecule has 0 aliphatic carbocycles. The molecule has 0 aromatic heterocycles. The zero-order valence-corrected chi connectivity index (χ0v) is 62.2. The summed E-state index contributed by atoms with van der Waals surface area (Å²) in [7, 11) is -10.0. The summed E-state index contributed by atoms with van der Waals surface area (Å²) >= 11 is 0. The van der Waals surface area contributed by atoms with Crippen molar-refractivity contribution in [2.45, 2.75) is 277 Å². The van der Waals surface area contributed by atoms with Crippen LogP contribution in [0.5, 0.6) is 0 Å². The monoisotopic (exact) mass is 1410 g/mol. The first kappa shape index (κ1) is 92.7. The highest BCUT2D eigenvalue weighted by Crippen LogP contribution is 2.45. The zero-order valence-electron chi connectivity index (χ0n) is 60.4. The number of hydrogen-bond acceptors (Lipinski definition) is 15. The van der Waals surface area contributed by atoms with Crippen LogP contribution in [0.4, 0.5) is 0 Å².